The van der Waals surface area contributed by atoms with Crippen molar-refractivity contribution in [1.29, 1.82) is 0 Å². The summed E-state index contributed by atoms with van der Waals surface area (Å²) in [6, 6.07) is 6.67. The Balaban J connectivity index is 2.77. The minimum absolute atomic E-state index is 0.214. The second-order valence-electron chi connectivity index (χ2n) is 5.68. The zero-order valence-corrected chi connectivity index (χ0v) is 12.8. The molecule has 0 fully saturated rings. The number of quaternary nitrogens is 1. The van der Waals surface area contributed by atoms with Crippen LogP contribution in [0.4, 0.5) is 10.1 Å². The van der Waals surface area contributed by atoms with Crippen molar-refractivity contribution in [3.05, 3.63) is 30.1 Å². The molecule has 1 rings (SSSR count). The Morgan fingerprint density at radius 1 is 1.28 bits per heavy atom. The SMILES string of the molecule is CC(C)(CC[N+](C)(C)c1cccc(F)c1)N(Cl)Cl. The lowest BCUT2D eigenvalue weighted by Crippen LogP contribution is -2.45. The molecule has 0 aliphatic rings. The minimum Gasteiger partial charge on any atom is -0.296 e. The van der Waals surface area contributed by atoms with Crippen LogP contribution in [-0.2, 0) is 0 Å². The third-order valence-corrected chi connectivity index (χ3v) is 4.16. The first kappa shape index (κ1) is 15.7. The van der Waals surface area contributed by atoms with Gasteiger partial charge in [-0.1, -0.05) is 6.07 Å². The summed E-state index contributed by atoms with van der Waals surface area (Å²) in [5.74, 6) is -0.214. The fourth-order valence-corrected chi connectivity index (χ4v) is 1.79. The lowest BCUT2D eigenvalue weighted by molar-refractivity contribution is 0.274. The van der Waals surface area contributed by atoms with E-state index in [2.05, 4.69) is 0 Å². The molecule has 0 amide bonds. The van der Waals surface area contributed by atoms with Crippen molar-refractivity contribution >= 4 is 29.2 Å². The van der Waals surface area contributed by atoms with Crippen molar-refractivity contribution in [3.63, 3.8) is 0 Å². The van der Waals surface area contributed by atoms with Crippen LogP contribution in [0.2, 0.25) is 0 Å². The highest BCUT2D eigenvalue weighted by Gasteiger charge is 2.29. The summed E-state index contributed by atoms with van der Waals surface area (Å²) in [5, 5.41) is 0. The molecule has 0 aliphatic carbocycles. The van der Waals surface area contributed by atoms with Gasteiger partial charge in [0.15, 0.2) is 0 Å². The Kier molecular flexibility index (Phi) is 5.01. The van der Waals surface area contributed by atoms with Crippen LogP contribution < -0.4 is 4.48 Å². The van der Waals surface area contributed by atoms with Gasteiger partial charge in [0.05, 0.1) is 26.2 Å². The van der Waals surface area contributed by atoms with Crippen LogP contribution in [0.15, 0.2) is 24.3 Å². The van der Waals surface area contributed by atoms with Crippen LogP contribution in [0.1, 0.15) is 20.3 Å². The second-order valence-corrected chi connectivity index (χ2v) is 6.53. The van der Waals surface area contributed by atoms with Crippen LogP contribution in [-0.4, -0.2) is 30.1 Å². The van der Waals surface area contributed by atoms with Crippen molar-refractivity contribution < 1.29 is 4.39 Å². The second kappa shape index (κ2) is 5.74. The average Bonchev–Trinajstić information content (AvgIpc) is 2.26. The van der Waals surface area contributed by atoms with Crippen molar-refractivity contribution in [2.24, 2.45) is 0 Å². The van der Waals surface area contributed by atoms with Crippen LogP contribution in [0, 0.1) is 5.82 Å². The molecule has 0 saturated carbocycles. The van der Waals surface area contributed by atoms with E-state index >= 15 is 0 Å². The molecule has 102 valence electrons. The Morgan fingerprint density at radius 3 is 2.39 bits per heavy atom. The molecule has 0 saturated heterocycles. The summed E-state index contributed by atoms with van der Waals surface area (Å²) in [6.07, 6.45) is 0.795. The summed E-state index contributed by atoms with van der Waals surface area (Å²) in [4.78, 5) is 0. The van der Waals surface area contributed by atoms with Crippen LogP contribution in [0.25, 0.3) is 0 Å². The van der Waals surface area contributed by atoms with Gasteiger partial charge in [0.1, 0.15) is 11.5 Å². The van der Waals surface area contributed by atoms with Crippen LogP contribution in [0.5, 0.6) is 0 Å². The number of benzene rings is 1. The molecule has 18 heavy (non-hydrogen) atoms. The average molecular weight is 294 g/mol. The van der Waals surface area contributed by atoms with Gasteiger partial charge in [-0.15, -0.1) is 3.94 Å². The molecule has 0 unspecified atom stereocenters. The molecule has 0 heterocycles. The minimum atomic E-state index is -0.314. The molecule has 1 aromatic rings. The van der Waals surface area contributed by atoms with Gasteiger partial charge < -0.3 is 0 Å². The summed E-state index contributed by atoms with van der Waals surface area (Å²) >= 11 is 11.6. The molecular weight excluding hydrogens is 274 g/mol. The van der Waals surface area contributed by atoms with Gasteiger partial charge in [-0.25, -0.2) is 4.39 Å². The third-order valence-electron chi connectivity index (χ3n) is 3.25. The molecule has 1 aromatic carbocycles. The van der Waals surface area contributed by atoms with E-state index in [0.29, 0.717) is 4.48 Å². The van der Waals surface area contributed by atoms with Gasteiger partial charge in [0.25, 0.3) is 0 Å². The molecule has 0 bridgehead atoms. The predicted octanol–water partition coefficient (Wildman–Crippen LogP) is 4.17. The van der Waals surface area contributed by atoms with E-state index in [1.807, 2.05) is 34.0 Å². The van der Waals surface area contributed by atoms with E-state index < -0.39 is 0 Å². The van der Waals surface area contributed by atoms with Crippen molar-refractivity contribution in [2.75, 3.05) is 20.6 Å². The van der Waals surface area contributed by atoms with Gasteiger partial charge in [-0.05, 0) is 49.5 Å². The van der Waals surface area contributed by atoms with Gasteiger partial charge in [0.2, 0.25) is 0 Å². The molecule has 0 aromatic heterocycles. The number of hydrogen-bond acceptors (Lipinski definition) is 1. The molecular formula is C13H20Cl2FN2+. The first-order valence-corrected chi connectivity index (χ1v) is 6.54. The molecule has 2 nitrogen and oxygen atoms in total. The van der Waals surface area contributed by atoms with Crippen molar-refractivity contribution in [2.45, 2.75) is 25.8 Å². The topological polar surface area (TPSA) is 3.24 Å². The van der Waals surface area contributed by atoms with Gasteiger partial charge in [0, 0.05) is 12.5 Å². The maximum atomic E-state index is 13.2. The van der Waals surface area contributed by atoms with E-state index in [1.54, 1.807) is 12.1 Å². The molecule has 0 N–H and O–H groups in total. The lowest BCUT2D eigenvalue weighted by Gasteiger charge is -2.34. The number of hydrogen-bond donors (Lipinski definition) is 0. The zero-order valence-electron chi connectivity index (χ0n) is 11.3. The molecule has 0 atom stereocenters. The summed E-state index contributed by atoms with van der Waals surface area (Å²) in [6.45, 7) is 4.75. The predicted molar refractivity (Wildman–Crippen MR) is 77.2 cm³/mol. The van der Waals surface area contributed by atoms with Gasteiger partial charge >= 0.3 is 0 Å². The highest BCUT2D eigenvalue weighted by atomic mass is 35.5. The first-order valence-electron chi connectivity index (χ1n) is 5.86. The zero-order chi connectivity index (χ0) is 14.0. The maximum absolute atomic E-state index is 13.2. The largest absolute Gasteiger partial charge is 0.296 e. The maximum Gasteiger partial charge on any atom is 0.135 e. The third kappa shape index (κ3) is 4.09. The van der Waals surface area contributed by atoms with E-state index in [-0.39, 0.29) is 11.4 Å². The number of halogens is 3. The van der Waals surface area contributed by atoms with Gasteiger partial charge in [-0.3, -0.25) is 4.48 Å². The summed E-state index contributed by atoms with van der Waals surface area (Å²) in [7, 11) is 4.08. The fraction of sp³-hybridized carbons (Fsp3) is 0.538. The normalized spacial score (nSPS) is 13.1. The van der Waals surface area contributed by atoms with Crippen LogP contribution in [0.3, 0.4) is 0 Å². The standard InChI is InChI=1S/C13H20Cl2FN2/c1-13(2,17(14)15)8-9-18(3,4)12-7-5-6-11(16)10-12/h5-7,10H,8-9H2,1-4H3/q+1. The highest BCUT2D eigenvalue weighted by Crippen LogP contribution is 2.27. The summed E-state index contributed by atoms with van der Waals surface area (Å²) < 4.78 is 15.0. The molecule has 0 spiro atoms. The van der Waals surface area contributed by atoms with E-state index in [4.69, 9.17) is 23.6 Å². The van der Waals surface area contributed by atoms with Crippen molar-refractivity contribution in [3.8, 4) is 0 Å². The Bertz CT molecular complexity index is 406. The van der Waals surface area contributed by atoms with Crippen molar-refractivity contribution in [1.82, 2.24) is 8.42 Å². The smallest absolute Gasteiger partial charge is 0.135 e. The van der Waals surface area contributed by atoms with E-state index in [1.165, 1.54) is 10.0 Å². The molecule has 5 heteroatoms. The monoisotopic (exact) mass is 293 g/mol. The molecule has 0 radical (unpaired) electrons. The molecule has 0 aliphatic heterocycles. The fourth-order valence-electron chi connectivity index (χ4n) is 1.62. The quantitative estimate of drug-likeness (QED) is 0.582. The van der Waals surface area contributed by atoms with E-state index in [0.717, 1.165) is 18.7 Å². The number of nitrogens with zero attached hydrogens (tertiary/aromatic N) is 2. The van der Waals surface area contributed by atoms with Gasteiger partial charge in [-0.2, -0.15) is 0 Å². The first-order chi connectivity index (χ1) is 8.15. The Labute approximate surface area is 119 Å². The van der Waals surface area contributed by atoms with Crippen LogP contribution >= 0.6 is 23.6 Å². The highest BCUT2D eigenvalue weighted by molar-refractivity contribution is 6.34. The number of rotatable bonds is 5. The lowest BCUT2D eigenvalue weighted by atomic mass is 10.0. The summed E-state index contributed by atoms with van der Waals surface area (Å²) in [5.41, 5.74) is 0.618. The van der Waals surface area contributed by atoms with E-state index in [9.17, 15) is 4.39 Å². The Morgan fingerprint density at radius 2 is 1.89 bits per heavy atom. The Hall–Kier alpha value is -0.350.